The first-order chi connectivity index (χ1) is 9.00. The van der Waals surface area contributed by atoms with E-state index < -0.39 is 23.6 Å². The van der Waals surface area contributed by atoms with E-state index in [-0.39, 0.29) is 5.91 Å². The molecule has 107 valence electrons. The lowest BCUT2D eigenvalue weighted by molar-refractivity contribution is -0.142. The molecule has 1 saturated heterocycles. The minimum Gasteiger partial charge on any atom is -0.481 e. The molecule has 6 nitrogen and oxygen atoms in total. The number of carbonyl (C=O) groups is 3. The Morgan fingerprint density at radius 3 is 2.68 bits per heavy atom. The van der Waals surface area contributed by atoms with Crippen LogP contribution in [0.15, 0.2) is 0 Å². The fourth-order valence-electron chi connectivity index (χ4n) is 1.82. The normalized spacial score (nSPS) is 17.9. The van der Waals surface area contributed by atoms with E-state index in [9.17, 15) is 14.4 Å². The lowest BCUT2D eigenvalue weighted by Gasteiger charge is -2.20. The third-order valence-electron chi connectivity index (χ3n) is 2.84. The van der Waals surface area contributed by atoms with Crippen molar-refractivity contribution in [3.05, 3.63) is 6.54 Å². The zero-order chi connectivity index (χ0) is 14.3. The Balaban J connectivity index is 2.36. The van der Waals surface area contributed by atoms with Gasteiger partial charge in [0.1, 0.15) is 5.25 Å². The molecule has 0 saturated carbocycles. The highest BCUT2D eigenvalue weighted by atomic mass is 32.2. The van der Waals surface area contributed by atoms with Gasteiger partial charge in [0.2, 0.25) is 5.91 Å². The van der Waals surface area contributed by atoms with Gasteiger partial charge in [-0.15, -0.1) is 11.8 Å². The monoisotopic (exact) mass is 288 g/mol. The number of carbonyl (C=O) groups excluding carboxylic acids is 1. The molecule has 0 aliphatic carbocycles. The van der Waals surface area contributed by atoms with E-state index in [1.807, 2.05) is 0 Å². The second-order valence-electron chi connectivity index (χ2n) is 4.34. The molecule has 7 heteroatoms. The first-order valence-electron chi connectivity index (χ1n) is 6.19. The lowest BCUT2D eigenvalue weighted by atomic mass is 10.2. The smallest absolute Gasteiger partial charge is 0.317 e. The highest BCUT2D eigenvalue weighted by molar-refractivity contribution is 8.00. The molecule has 19 heavy (non-hydrogen) atoms. The van der Waals surface area contributed by atoms with Gasteiger partial charge in [0.05, 0.1) is 13.0 Å². The van der Waals surface area contributed by atoms with Crippen molar-refractivity contribution in [3.63, 3.8) is 0 Å². The van der Waals surface area contributed by atoms with Gasteiger partial charge in [0.15, 0.2) is 0 Å². The molecule has 0 spiro atoms. The molecule has 1 radical (unpaired) electrons. The van der Waals surface area contributed by atoms with Gasteiger partial charge in [-0.05, 0) is 12.8 Å². The predicted molar refractivity (Wildman–Crippen MR) is 70.6 cm³/mol. The van der Waals surface area contributed by atoms with Gasteiger partial charge in [-0.1, -0.05) is 6.42 Å². The van der Waals surface area contributed by atoms with Crippen molar-refractivity contribution in [1.29, 1.82) is 0 Å². The summed E-state index contributed by atoms with van der Waals surface area (Å²) in [4.78, 5) is 34.7. The van der Waals surface area contributed by atoms with Crippen molar-refractivity contribution in [1.82, 2.24) is 4.90 Å². The highest BCUT2D eigenvalue weighted by Gasteiger charge is 2.23. The molecule has 1 aliphatic rings. The average Bonchev–Trinajstić information content (AvgIpc) is 2.53. The molecule has 0 aromatic carbocycles. The summed E-state index contributed by atoms with van der Waals surface area (Å²) in [5.74, 6) is -1.88. The molecular formula is C12H18NO5S. The van der Waals surface area contributed by atoms with E-state index in [0.29, 0.717) is 18.7 Å². The quantitative estimate of drug-likeness (QED) is 0.731. The summed E-state index contributed by atoms with van der Waals surface area (Å²) in [5.41, 5.74) is 0. The number of thioether (sulfide) groups is 1. The molecule has 0 aromatic heterocycles. The van der Waals surface area contributed by atoms with E-state index in [0.717, 1.165) is 31.0 Å². The third-order valence-corrected chi connectivity index (χ3v) is 3.95. The number of hydrogen-bond acceptors (Lipinski definition) is 4. The number of nitrogens with zero attached hydrogens (tertiary/aromatic N) is 1. The van der Waals surface area contributed by atoms with Gasteiger partial charge >= 0.3 is 11.9 Å². The largest absolute Gasteiger partial charge is 0.481 e. The van der Waals surface area contributed by atoms with Crippen molar-refractivity contribution in [3.8, 4) is 0 Å². The zero-order valence-corrected chi connectivity index (χ0v) is 11.4. The maximum Gasteiger partial charge on any atom is 0.317 e. The van der Waals surface area contributed by atoms with Crippen LogP contribution in [0.25, 0.3) is 0 Å². The summed E-state index contributed by atoms with van der Waals surface area (Å²) < 4.78 is 0. The molecule has 1 aliphatic heterocycles. The van der Waals surface area contributed by atoms with Crippen LogP contribution in [0.5, 0.6) is 0 Å². The fraction of sp³-hybridized carbons (Fsp3) is 0.667. The van der Waals surface area contributed by atoms with Gasteiger partial charge in [0, 0.05) is 18.7 Å². The van der Waals surface area contributed by atoms with Crippen LogP contribution in [0.2, 0.25) is 0 Å². The van der Waals surface area contributed by atoms with Crippen molar-refractivity contribution in [2.45, 2.75) is 37.4 Å². The van der Waals surface area contributed by atoms with Crippen LogP contribution in [0.1, 0.15) is 32.1 Å². The molecule has 1 rings (SSSR count). The van der Waals surface area contributed by atoms with Crippen LogP contribution in [0.4, 0.5) is 0 Å². The lowest BCUT2D eigenvalue weighted by Crippen LogP contribution is -2.29. The Morgan fingerprint density at radius 2 is 2.05 bits per heavy atom. The second kappa shape index (κ2) is 8.04. The summed E-state index contributed by atoms with van der Waals surface area (Å²) in [6, 6.07) is 0. The van der Waals surface area contributed by atoms with Crippen LogP contribution < -0.4 is 0 Å². The summed E-state index contributed by atoms with van der Waals surface area (Å²) in [5, 5.41) is 16.5. The van der Waals surface area contributed by atoms with Crippen LogP contribution in [-0.2, 0) is 14.4 Å². The molecular weight excluding hydrogens is 270 g/mol. The van der Waals surface area contributed by atoms with Crippen molar-refractivity contribution in [2.75, 3.05) is 12.3 Å². The SMILES string of the molecule is O=C(O)CC(SC[CH]N1CCCCCC1=O)C(=O)O. The number of amides is 1. The predicted octanol–water partition coefficient (Wildman–Crippen LogP) is 1.21. The second-order valence-corrected chi connectivity index (χ2v) is 5.57. The third kappa shape index (κ3) is 5.96. The Hall–Kier alpha value is -1.24. The van der Waals surface area contributed by atoms with Crippen LogP contribution in [0, 0.1) is 6.54 Å². The molecule has 1 fully saturated rings. The van der Waals surface area contributed by atoms with E-state index in [2.05, 4.69) is 0 Å². The summed E-state index contributed by atoms with van der Waals surface area (Å²) in [6.07, 6.45) is 2.98. The number of rotatable bonds is 7. The summed E-state index contributed by atoms with van der Waals surface area (Å²) >= 11 is 1.03. The van der Waals surface area contributed by atoms with Crippen LogP contribution in [0.3, 0.4) is 0 Å². The molecule has 1 amide bonds. The van der Waals surface area contributed by atoms with E-state index in [4.69, 9.17) is 10.2 Å². The summed E-state index contributed by atoms with van der Waals surface area (Å²) in [6.45, 7) is 2.34. The fourth-order valence-corrected chi connectivity index (χ4v) is 2.72. The van der Waals surface area contributed by atoms with Gasteiger partial charge in [-0.25, -0.2) is 0 Å². The van der Waals surface area contributed by atoms with Gasteiger partial charge in [-0.3, -0.25) is 14.4 Å². The Morgan fingerprint density at radius 1 is 1.32 bits per heavy atom. The van der Waals surface area contributed by atoms with Crippen molar-refractivity contribution < 1.29 is 24.6 Å². The topological polar surface area (TPSA) is 94.9 Å². The van der Waals surface area contributed by atoms with Crippen LogP contribution >= 0.6 is 11.8 Å². The number of carboxylic acid groups (broad SMARTS) is 2. The first-order valence-corrected chi connectivity index (χ1v) is 7.24. The maximum absolute atomic E-state index is 11.7. The first kappa shape index (κ1) is 15.8. The molecule has 0 aromatic rings. The van der Waals surface area contributed by atoms with Gasteiger partial charge in [0.25, 0.3) is 0 Å². The molecule has 0 bridgehead atoms. The van der Waals surface area contributed by atoms with Gasteiger partial charge in [-0.2, -0.15) is 0 Å². The molecule has 1 heterocycles. The minimum absolute atomic E-state index is 0.0585. The van der Waals surface area contributed by atoms with Crippen molar-refractivity contribution in [2.24, 2.45) is 0 Å². The summed E-state index contributed by atoms with van der Waals surface area (Å²) in [7, 11) is 0. The van der Waals surface area contributed by atoms with Gasteiger partial charge < -0.3 is 15.1 Å². The van der Waals surface area contributed by atoms with E-state index in [1.54, 1.807) is 11.4 Å². The van der Waals surface area contributed by atoms with Crippen molar-refractivity contribution >= 4 is 29.6 Å². The average molecular weight is 288 g/mol. The number of likely N-dealkylation sites (tertiary alicyclic amines) is 1. The number of carboxylic acids is 2. The molecule has 2 N–H and O–H groups in total. The Kier molecular flexibility index (Phi) is 6.69. The van der Waals surface area contributed by atoms with Crippen LogP contribution in [-0.4, -0.2) is 50.5 Å². The Bertz CT molecular complexity index is 347. The minimum atomic E-state index is -1.14. The standard InChI is InChI=1S/C12H18NO5S/c14-10-4-2-1-3-5-13(10)6-7-19-9(12(17)18)8-11(15)16/h6,9H,1-5,7-8H2,(H,15,16)(H,17,18). The zero-order valence-electron chi connectivity index (χ0n) is 10.6. The maximum atomic E-state index is 11.7. The Labute approximate surface area is 116 Å². The number of hydrogen-bond donors (Lipinski definition) is 2. The van der Waals surface area contributed by atoms with E-state index in [1.165, 1.54) is 0 Å². The number of aliphatic carboxylic acids is 2. The molecule has 1 unspecified atom stereocenters. The molecule has 1 atom stereocenters. The highest BCUT2D eigenvalue weighted by Crippen LogP contribution is 2.19. The van der Waals surface area contributed by atoms with E-state index >= 15 is 0 Å².